The van der Waals surface area contributed by atoms with Gasteiger partial charge in [-0.15, -0.1) is 12.4 Å². The molecule has 1 aliphatic rings. The Balaban J connectivity index is 0.00000108. The molecule has 0 aliphatic carbocycles. The lowest BCUT2D eigenvalue weighted by molar-refractivity contribution is 0.641. The molecule has 0 spiro atoms. The Morgan fingerprint density at radius 2 is 1.88 bits per heavy atom. The Hall–Kier alpha value is -0.120. The van der Waals surface area contributed by atoms with Crippen LogP contribution in [-0.4, -0.2) is 11.5 Å². The van der Waals surface area contributed by atoms with Crippen molar-refractivity contribution in [3.8, 4) is 0 Å². The number of fused-ring (bicyclic) bond motifs is 3. The molecule has 0 bridgehead atoms. The summed E-state index contributed by atoms with van der Waals surface area (Å²) in [4.78, 5) is 3.34. The third-order valence-corrected chi connectivity index (χ3v) is 4.05. The Kier molecular flexibility index (Phi) is 3.81. The maximum atomic E-state index is 6.24. The predicted octanol–water partition coefficient (Wildman–Crippen LogP) is 4.20. The lowest BCUT2D eigenvalue weighted by Gasteiger charge is -2.13. The monoisotopic (exact) mass is 310 g/mol. The first-order valence-corrected chi connectivity index (χ1v) is 6.19. The molecule has 0 saturated carbocycles. The van der Waals surface area contributed by atoms with Gasteiger partial charge in [0, 0.05) is 30.6 Å². The molecule has 6 heteroatoms. The largest absolute Gasteiger partial charge is 0.357 e. The van der Waals surface area contributed by atoms with Gasteiger partial charge in [-0.2, -0.15) is 0 Å². The number of aromatic amines is 1. The fourth-order valence-electron chi connectivity index (χ4n) is 2.21. The van der Waals surface area contributed by atoms with E-state index in [1.807, 2.05) is 0 Å². The highest BCUT2D eigenvalue weighted by Gasteiger charge is 2.20. The van der Waals surface area contributed by atoms with Crippen LogP contribution in [-0.2, 0) is 13.0 Å². The average molecular weight is 312 g/mol. The molecule has 2 nitrogen and oxygen atoms in total. The van der Waals surface area contributed by atoms with E-state index in [1.165, 1.54) is 11.3 Å². The van der Waals surface area contributed by atoms with Crippen LogP contribution in [0.3, 0.4) is 0 Å². The predicted molar refractivity (Wildman–Crippen MR) is 76.0 cm³/mol. The van der Waals surface area contributed by atoms with E-state index in [1.54, 1.807) is 6.07 Å². The van der Waals surface area contributed by atoms with Crippen LogP contribution < -0.4 is 5.32 Å². The summed E-state index contributed by atoms with van der Waals surface area (Å²) in [5, 5.41) is 6.00. The normalized spacial score (nSPS) is 14.5. The van der Waals surface area contributed by atoms with Crippen LogP contribution in [0.5, 0.6) is 0 Å². The molecule has 2 heterocycles. The second kappa shape index (κ2) is 4.87. The zero-order valence-electron chi connectivity index (χ0n) is 8.74. The zero-order valence-corrected chi connectivity index (χ0v) is 11.8. The topological polar surface area (TPSA) is 27.8 Å². The first kappa shape index (κ1) is 13.3. The highest BCUT2D eigenvalue weighted by molar-refractivity contribution is 6.47. The van der Waals surface area contributed by atoms with Crippen LogP contribution in [0, 0.1) is 0 Å². The van der Waals surface area contributed by atoms with Gasteiger partial charge in [-0.25, -0.2) is 0 Å². The lowest BCUT2D eigenvalue weighted by atomic mass is 10.1. The Morgan fingerprint density at radius 1 is 1.12 bits per heavy atom. The summed E-state index contributed by atoms with van der Waals surface area (Å²) in [6, 6.07) is 1.68. The molecule has 1 aromatic carbocycles. The lowest BCUT2D eigenvalue weighted by Crippen LogP contribution is -2.22. The van der Waals surface area contributed by atoms with Gasteiger partial charge < -0.3 is 10.3 Å². The second-order valence-corrected chi connectivity index (χ2v) is 5.11. The van der Waals surface area contributed by atoms with Gasteiger partial charge in [0.05, 0.1) is 20.6 Å². The molecule has 0 fully saturated rings. The minimum absolute atomic E-state index is 0. The molecular formula is C11H10Cl4N2. The number of aromatic nitrogens is 1. The van der Waals surface area contributed by atoms with Gasteiger partial charge in [0.25, 0.3) is 0 Å². The highest BCUT2D eigenvalue weighted by Crippen LogP contribution is 2.39. The third-order valence-electron chi connectivity index (χ3n) is 2.97. The van der Waals surface area contributed by atoms with Gasteiger partial charge >= 0.3 is 0 Å². The number of hydrogen-bond donors (Lipinski definition) is 2. The Morgan fingerprint density at radius 3 is 2.65 bits per heavy atom. The minimum atomic E-state index is 0. The fraction of sp³-hybridized carbons (Fsp3) is 0.273. The quantitative estimate of drug-likeness (QED) is 0.701. The van der Waals surface area contributed by atoms with E-state index in [2.05, 4.69) is 10.3 Å². The SMILES string of the molecule is Cl.Clc1cc(Cl)c2[nH]c3c(c2c1Cl)CNCC3. The number of halogens is 4. The van der Waals surface area contributed by atoms with E-state index in [9.17, 15) is 0 Å². The van der Waals surface area contributed by atoms with Crippen LogP contribution in [0.2, 0.25) is 15.1 Å². The Bertz CT molecular complexity index is 577. The minimum Gasteiger partial charge on any atom is -0.357 e. The second-order valence-electron chi connectivity index (χ2n) is 3.91. The molecular weight excluding hydrogens is 302 g/mol. The third kappa shape index (κ3) is 2.02. The highest BCUT2D eigenvalue weighted by atomic mass is 35.5. The summed E-state index contributed by atoms with van der Waals surface area (Å²) in [7, 11) is 0. The Labute approximate surface area is 120 Å². The number of nitrogens with one attached hydrogen (secondary N) is 2. The standard InChI is InChI=1S/C11H9Cl3N2.ClH/c12-6-3-7(13)11-9(10(6)14)5-4-15-2-1-8(5)16-11;/h3,15-16H,1-2,4H2;1H. The van der Waals surface area contributed by atoms with E-state index in [4.69, 9.17) is 34.8 Å². The summed E-state index contributed by atoms with van der Waals surface area (Å²) in [5.74, 6) is 0. The number of H-pyrrole nitrogens is 1. The van der Waals surface area contributed by atoms with Gasteiger partial charge in [0.15, 0.2) is 0 Å². The van der Waals surface area contributed by atoms with Crippen molar-refractivity contribution in [1.29, 1.82) is 0 Å². The summed E-state index contributed by atoms with van der Waals surface area (Å²) in [6.07, 6.45) is 0.967. The molecule has 0 atom stereocenters. The van der Waals surface area contributed by atoms with E-state index < -0.39 is 0 Å². The molecule has 0 amide bonds. The molecule has 2 aromatic rings. The summed E-state index contributed by atoms with van der Waals surface area (Å²) in [6.45, 7) is 1.79. The molecule has 1 aromatic heterocycles. The van der Waals surface area contributed by atoms with E-state index in [0.29, 0.717) is 15.1 Å². The maximum Gasteiger partial charge on any atom is 0.0690 e. The van der Waals surface area contributed by atoms with Gasteiger partial charge in [-0.1, -0.05) is 34.8 Å². The van der Waals surface area contributed by atoms with Crippen molar-refractivity contribution in [3.63, 3.8) is 0 Å². The molecule has 92 valence electrons. The van der Waals surface area contributed by atoms with Gasteiger partial charge in [0.2, 0.25) is 0 Å². The van der Waals surface area contributed by atoms with Crippen molar-refractivity contribution in [3.05, 3.63) is 32.4 Å². The number of hydrogen-bond acceptors (Lipinski definition) is 1. The summed E-state index contributed by atoms with van der Waals surface area (Å²) < 4.78 is 0. The average Bonchev–Trinajstić information content (AvgIpc) is 2.66. The summed E-state index contributed by atoms with van der Waals surface area (Å²) >= 11 is 18.4. The van der Waals surface area contributed by atoms with Crippen LogP contribution in [0.25, 0.3) is 10.9 Å². The van der Waals surface area contributed by atoms with Crippen LogP contribution in [0.1, 0.15) is 11.3 Å². The molecule has 1 aliphatic heterocycles. The molecule has 2 N–H and O–H groups in total. The van der Waals surface area contributed by atoms with E-state index in [-0.39, 0.29) is 12.4 Å². The van der Waals surface area contributed by atoms with Gasteiger partial charge in [-0.3, -0.25) is 0 Å². The molecule has 17 heavy (non-hydrogen) atoms. The first-order valence-electron chi connectivity index (χ1n) is 5.06. The van der Waals surface area contributed by atoms with E-state index >= 15 is 0 Å². The van der Waals surface area contributed by atoms with Gasteiger partial charge in [-0.05, 0) is 11.6 Å². The van der Waals surface area contributed by atoms with Crippen molar-refractivity contribution in [2.24, 2.45) is 0 Å². The number of benzene rings is 1. The molecule has 0 unspecified atom stereocenters. The summed E-state index contributed by atoms with van der Waals surface area (Å²) in [5.41, 5.74) is 3.29. The molecule has 0 radical (unpaired) electrons. The zero-order chi connectivity index (χ0) is 11.3. The smallest absolute Gasteiger partial charge is 0.0690 e. The van der Waals surface area contributed by atoms with Crippen molar-refractivity contribution in [2.75, 3.05) is 6.54 Å². The maximum absolute atomic E-state index is 6.24. The van der Waals surface area contributed by atoms with Crippen LogP contribution in [0.15, 0.2) is 6.07 Å². The van der Waals surface area contributed by atoms with Gasteiger partial charge in [0.1, 0.15) is 0 Å². The van der Waals surface area contributed by atoms with Crippen LogP contribution in [0.4, 0.5) is 0 Å². The molecule has 0 saturated heterocycles. The molecule has 3 rings (SSSR count). The van der Waals surface area contributed by atoms with Crippen LogP contribution >= 0.6 is 47.2 Å². The van der Waals surface area contributed by atoms with Crippen molar-refractivity contribution in [2.45, 2.75) is 13.0 Å². The number of rotatable bonds is 0. The first-order chi connectivity index (χ1) is 7.68. The fourth-order valence-corrected chi connectivity index (χ4v) is 2.99. The van der Waals surface area contributed by atoms with Crippen molar-refractivity contribution >= 4 is 58.1 Å². The van der Waals surface area contributed by atoms with Crippen molar-refractivity contribution in [1.82, 2.24) is 10.3 Å². The van der Waals surface area contributed by atoms with Crippen molar-refractivity contribution < 1.29 is 0 Å². The van der Waals surface area contributed by atoms with E-state index in [0.717, 1.165) is 30.4 Å².